The van der Waals surface area contributed by atoms with E-state index in [0.29, 0.717) is 6.54 Å². The van der Waals surface area contributed by atoms with Crippen LogP contribution >= 0.6 is 0 Å². The molecule has 0 rings (SSSR count). The number of likely N-dealkylation sites (N-methyl/N-ethyl adjacent to an activating group) is 1. The number of nitrogens with zero attached hydrogens (tertiary/aromatic N) is 2. The third-order valence-corrected chi connectivity index (χ3v) is 2.13. The molecule has 0 aromatic heterocycles. The van der Waals surface area contributed by atoms with E-state index in [0.717, 1.165) is 19.6 Å². The molecule has 0 aromatic carbocycles. The first-order chi connectivity index (χ1) is 6.11. The van der Waals surface area contributed by atoms with E-state index in [1.807, 2.05) is 14.0 Å². The van der Waals surface area contributed by atoms with Gasteiger partial charge < -0.3 is 15.1 Å². The number of carbonyl (C=O) groups is 1. The third-order valence-electron chi connectivity index (χ3n) is 2.13. The quantitative estimate of drug-likeness (QED) is 0.684. The Bertz CT molecular complexity index is 150. The van der Waals surface area contributed by atoms with E-state index in [4.69, 9.17) is 0 Å². The molecular weight excluding hydrogens is 166 g/mol. The SMILES string of the molecule is CCN(C)CCNC(=O)N(C)CC. The van der Waals surface area contributed by atoms with Gasteiger partial charge in [0.2, 0.25) is 0 Å². The van der Waals surface area contributed by atoms with Crippen molar-refractivity contribution < 1.29 is 4.79 Å². The summed E-state index contributed by atoms with van der Waals surface area (Å²) in [7, 11) is 3.83. The second kappa shape index (κ2) is 6.71. The van der Waals surface area contributed by atoms with Crippen molar-refractivity contribution in [2.24, 2.45) is 0 Å². The van der Waals surface area contributed by atoms with Gasteiger partial charge in [0.15, 0.2) is 0 Å². The first kappa shape index (κ1) is 12.2. The van der Waals surface area contributed by atoms with Crippen LogP contribution in [0.15, 0.2) is 0 Å². The van der Waals surface area contributed by atoms with Gasteiger partial charge in [-0.05, 0) is 20.5 Å². The fraction of sp³-hybridized carbons (Fsp3) is 0.889. The highest BCUT2D eigenvalue weighted by molar-refractivity contribution is 5.73. The van der Waals surface area contributed by atoms with Crippen LogP contribution in [0.1, 0.15) is 13.8 Å². The van der Waals surface area contributed by atoms with Gasteiger partial charge in [0, 0.05) is 26.7 Å². The summed E-state index contributed by atoms with van der Waals surface area (Å²) in [6, 6.07) is 0.00648. The number of nitrogens with one attached hydrogen (secondary N) is 1. The molecule has 4 nitrogen and oxygen atoms in total. The van der Waals surface area contributed by atoms with Crippen molar-refractivity contribution in [1.29, 1.82) is 0 Å². The Morgan fingerprint density at radius 1 is 1.23 bits per heavy atom. The van der Waals surface area contributed by atoms with Crippen molar-refractivity contribution >= 4 is 6.03 Å². The van der Waals surface area contributed by atoms with Crippen LogP contribution < -0.4 is 5.32 Å². The predicted octanol–water partition coefficient (Wildman–Crippen LogP) is 0.599. The van der Waals surface area contributed by atoms with E-state index >= 15 is 0 Å². The topological polar surface area (TPSA) is 35.6 Å². The smallest absolute Gasteiger partial charge is 0.317 e. The Kier molecular flexibility index (Phi) is 6.32. The number of carbonyl (C=O) groups excluding carboxylic acids is 1. The van der Waals surface area contributed by atoms with Crippen molar-refractivity contribution in [3.8, 4) is 0 Å². The highest BCUT2D eigenvalue weighted by Crippen LogP contribution is 1.83. The van der Waals surface area contributed by atoms with Crippen molar-refractivity contribution in [1.82, 2.24) is 15.1 Å². The van der Waals surface area contributed by atoms with E-state index in [-0.39, 0.29) is 6.03 Å². The maximum Gasteiger partial charge on any atom is 0.317 e. The molecule has 0 radical (unpaired) electrons. The van der Waals surface area contributed by atoms with Crippen LogP contribution in [-0.2, 0) is 0 Å². The molecule has 4 heteroatoms. The monoisotopic (exact) mass is 187 g/mol. The summed E-state index contributed by atoms with van der Waals surface area (Å²) >= 11 is 0. The maximum absolute atomic E-state index is 11.2. The Hall–Kier alpha value is -0.770. The summed E-state index contributed by atoms with van der Waals surface area (Å²) in [5.74, 6) is 0. The predicted molar refractivity (Wildman–Crippen MR) is 54.9 cm³/mol. The van der Waals surface area contributed by atoms with E-state index in [1.165, 1.54) is 0 Å². The molecule has 0 aliphatic carbocycles. The zero-order valence-electron chi connectivity index (χ0n) is 9.13. The lowest BCUT2D eigenvalue weighted by Crippen LogP contribution is -2.40. The zero-order valence-corrected chi connectivity index (χ0v) is 9.13. The normalized spacial score (nSPS) is 10.2. The summed E-state index contributed by atoms with van der Waals surface area (Å²) in [6.07, 6.45) is 0. The number of amides is 2. The van der Waals surface area contributed by atoms with Crippen molar-refractivity contribution in [3.63, 3.8) is 0 Å². The van der Waals surface area contributed by atoms with Crippen molar-refractivity contribution in [3.05, 3.63) is 0 Å². The molecule has 0 saturated carbocycles. The molecule has 0 spiro atoms. The van der Waals surface area contributed by atoms with Crippen LogP contribution in [0.3, 0.4) is 0 Å². The summed E-state index contributed by atoms with van der Waals surface area (Å²) in [5, 5.41) is 2.84. The first-order valence-corrected chi connectivity index (χ1v) is 4.79. The first-order valence-electron chi connectivity index (χ1n) is 4.79. The van der Waals surface area contributed by atoms with Crippen LogP contribution in [0.2, 0.25) is 0 Å². The molecule has 2 amide bonds. The zero-order chi connectivity index (χ0) is 10.3. The number of urea groups is 1. The van der Waals surface area contributed by atoms with Gasteiger partial charge in [0.1, 0.15) is 0 Å². The Labute approximate surface area is 80.9 Å². The lowest BCUT2D eigenvalue weighted by atomic mass is 10.5. The molecule has 1 N–H and O–H groups in total. The molecule has 0 bridgehead atoms. The molecule has 0 heterocycles. The largest absolute Gasteiger partial charge is 0.337 e. The van der Waals surface area contributed by atoms with E-state index in [9.17, 15) is 4.79 Å². The lowest BCUT2D eigenvalue weighted by Gasteiger charge is -2.18. The molecule has 0 saturated heterocycles. The summed E-state index contributed by atoms with van der Waals surface area (Å²) in [4.78, 5) is 15.1. The summed E-state index contributed by atoms with van der Waals surface area (Å²) in [5.41, 5.74) is 0. The molecular formula is C9H21N3O. The average molecular weight is 187 g/mol. The lowest BCUT2D eigenvalue weighted by molar-refractivity contribution is 0.209. The third kappa shape index (κ3) is 5.47. The minimum Gasteiger partial charge on any atom is -0.337 e. The second-order valence-electron chi connectivity index (χ2n) is 3.14. The van der Waals surface area contributed by atoms with Gasteiger partial charge in [0.05, 0.1) is 0 Å². The van der Waals surface area contributed by atoms with Gasteiger partial charge >= 0.3 is 6.03 Å². The van der Waals surface area contributed by atoms with Crippen molar-refractivity contribution in [2.45, 2.75) is 13.8 Å². The molecule has 0 aromatic rings. The van der Waals surface area contributed by atoms with E-state index < -0.39 is 0 Å². The highest BCUT2D eigenvalue weighted by atomic mass is 16.2. The fourth-order valence-electron chi connectivity index (χ4n) is 0.790. The average Bonchev–Trinajstić information content (AvgIpc) is 2.15. The molecule has 0 aliphatic heterocycles. The standard InChI is InChI=1S/C9H21N3O/c1-5-11(3)8-7-10-9(13)12(4)6-2/h5-8H2,1-4H3,(H,10,13). The molecule has 0 atom stereocenters. The van der Waals surface area contributed by atoms with Crippen molar-refractivity contribution in [2.75, 3.05) is 40.3 Å². The van der Waals surface area contributed by atoms with Gasteiger partial charge in [-0.1, -0.05) is 6.92 Å². The summed E-state index contributed by atoms with van der Waals surface area (Å²) in [6.45, 7) is 7.43. The Morgan fingerprint density at radius 2 is 1.85 bits per heavy atom. The van der Waals surface area contributed by atoms with E-state index in [2.05, 4.69) is 17.1 Å². The Morgan fingerprint density at radius 3 is 2.31 bits per heavy atom. The number of hydrogen-bond acceptors (Lipinski definition) is 2. The minimum absolute atomic E-state index is 0.00648. The second-order valence-corrected chi connectivity index (χ2v) is 3.14. The van der Waals surface area contributed by atoms with E-state index in [1.54, 1.807) is 11.9 Å². The maximum atomic E-state index is 11.2. The minimum atomic E-state index is 0.00648. The number of hydrogen-bond donors (Lipinski definition) is 1. The van der Waals surface area contributed by atoms with Gasteiger partial charge in [-0.2, -0.15) is 0 Å². The number of rotatable bonds is 5. The molecule has 13 heavy (non-hydrogen) atoms. The van der Waals surface area contributed by atoms with Gasteiger partial charge in [0.25, 0.3) is 0 Å². The fourth-order valence-corrected chi connectivity index (χ4v) is 0.790. The summed E-state index contributed by atoms with van der Waals surface area (Å²) < 4.78 is 0. The van der Waals surface area contributed by atoms with Gasteiger partial charge in [-0.3, -0.25) is 0 Å². The highest BCUT2D eigenvalue weighted by Gasteiger charge is 2.04. The molecule has 0 aliphatic rings. The molecule has 0 fully saturated rings. The van der Waals surface area contributed by atoms with Crippen LogP contribution in [0.4, 0.5) is 4.79 Å². The molecule has 0 unspecified atom stereocenters. The van der Waals surface area contributed by atoms with Crippen LogP contribution in [0.25, 0.3) is 0 Å². The van der Waals surface area contributed by atoms with Crippen LogP contribution in [0.5, 0.6) is 0 Å². The van der Waals surface area contributed by atoms with Gasteiger partial charge in [-0.25, -0.2) is 4.79 Å². The van der Waals surface area contributed by atoms with Crippen LogP contribution in [-0.4, -0.2) is 56.1 Å². The molecule has 78 valence electrons. The van der Waals surface area contributed by atoms with Crippen LogP contribution in [0, 0.1) is 0 Å². The Balaban J connectivity index is 3.47. The van der Waals surface area contributed by atoms with Gasteiger partial charge in [-0.15, -0.1) is 0 Å².